The molecule has 2 aromatic heterocycles. The summed E-state index contributed by atoms with van der Waals surface area (Å²) in [6.07, 6.45) is 2.37. The zero-order valence-corrected chi connectivity index (χ0v) is 14.2. The van der Waals surface area contributed by atoms with Crippen LogP contribution in [0.5, 0.6) is 0 Å². The molecule has 0 saturated carbocycles. The normalized spacial score (nSPS) is 12.0. The molecule has 3 rings (SSSR count). The van der Waals surface area contributed by atoms with Crippen LogP contribution < -0.4 is 5.32 Å². The Labute approximate surface area is 149 Å². The maximum Gasteiger partial charge on any atom is 0.257 e. The molecule has 1 aromatic carbocycles. The summed E-state index contributed by atoms with van der Waals surface area (Å²) < 4.78 is 5.21. The first-order chi connectivity index (χ1) is 12.1. The van der Waals surface area contributed by atoms with Crippen molar-refractivity contribution in [2.45, 2.75) is 19.6 Å². The van der Waals surface area contributed by atoms with Gasteiger partial charge in [0.05, 0.1) is 0 Å². The minimum Gasteiger partial charge on any atom is -0.385 e. The Kier molecular flexibility index (Phi) is 5.11. The minimum atomic E-state index is -0.965. The van der Waals surface area contributed by atoms with E-state index < -0.39 is 6.10 Å². The van der Waals surface area contributed by atoms with Crippen LogP contribution in [-0.2, 0) is 6.54 Å². The number of nitrogens with one attached hydrogen (secondary N) is 1. The molecule has 0 saturated heterocycles. The van der Waals surface area contributed by atoms with E-state index in [1.165, 1.54) is 6.92 Å². The number of aliphatic hydroxyl groups is 1. The molecule has 6 nitrogen and oxygen atoms in total. The predicted molar refractivity (Wildman–Crippen MR) is 93.0 cm³/mol. The fraction of sp³-hybridized carbons (Fsp3) is 0.167. The van der Waals surface area contributed by atoms with Crippen LogP contribution in [0.15, 0.2) is 53.3 Å². The fourth-order valence-electron chi connectivity index (χ4n) is 2.39. The molecular weight excluding hydrogens is 342 g/mol. The maximum absolute atomic E-state index is 12.7. The van der Waals surface area contributed by atoms with Crippen molar-refractivity contribution < 1.29 is 14.4 Å². The lowest BCUT2D eigenvalue weighted by atomic mass is 10.0. The van der Waals surface area contributed by atoms with Gasteiger partial charge >= 0.3 is 0 Å². The Morgan fingerprint density at radius 2 is 2.08 bits per heavy atom. The van der Waals surface area contributed by atoms with Crippen molar-refractivity contribution in [3.63, 3.8) is 0 Å². The summed E-state index contributed by atoms with van der Waals surface area (Å²) >= 11 is 5.91. The molecule has 0 unspecified atom stereocenters. The van der Waals surface area contributed by atoms with Crippen molar-refractivity contribution in [2.75, 3.05) is 0 Å². The first-order valence-electron chi connectivity index (χ1n) is 7.67. The summed E-state index contributed by atoms with van der Waals surface area (Å²) in [7, 11) is 0. The van der Waals surface area contributed by atoms with E-state index >= 15 is 0 Å². The van der Waals surface area contributed by atoms with Crippen molar-refractivity contribution in [1.82, 2.24) is 15.5 Å². The average Bonchev–Trinajstić information content (AvgIpc) is 3.06. The highest BCUT2D eigenvalue weighted by Crippen LogP contribution is 2.29. The first kappa shape index (κ1) is 17.1. The Morgan fingerprint density at radius 3 is 2.72 bits per heavy atom. The van der Waals surface area contributed by atoms with E-state index in [-0.39, 0.29) is 17.2 Å². The lowest BCUT2D eigenvalue weighted by Crippen LogP contribution is -2.24. The van der Waals surface area contributed by atoms with Gasteiger partial charge in [-0.05, 0) is 30.7 Å². The molecule has 0 spiro atoms. The highest BCUT2D eigenvalue weighted by atomic mass is 35.5. The number of aromatic nitrogens is 2. The van der Waals surface area contributed by atoms with Gasteiger partial charge in [-0.25, -0.2) is 0 Å². The zero-order valence-electron chi connectivity index (χ0n) is 13.4. The van der Waals surface area contributed by atoms with Gasteiger partial charge in [-0.15, -0.1) is 0 Å². The van der Waals surface area contributed by atoms with Crippen LogP contribution in [-0.4, -0.2) is 21.2 Å². The van der Waals surface area contributed by atoms with Crippen LogP contribution in [0, 0.1) is 0 Å². The first-order valence-corrected chi connectivity index (χ1v) is 8.04. The van der Waals surface area contributed by atoms with Crippen molar-refractivity contribution in [1.29, 1.82) is 0 Å². The van der Waals surface area contributed by atoms with Gasteiger partial charge in [-0.2, -0.15) is 0 Å². The Bertz CT molecular complexity index is 861. The minimum absolute atomic E-state index is 0.119. The number of carbonyl (C=O) groups excluding carboxylic acids is 1. The number of hydrogen-bond acceptors (Lipinski definition) is 5. The molecule has 128 valence electrons. The standard InChI is InChI=1S/C18H16ClN3O3/c1-11(23)17-15(18(24)21-10-12-3-2-8-20-9-12)16(22-25-17)13-4-6-14(19)7-5-13/h2-9,11,23H,10H2,1H3,(H,21,24)/t11-/m0/s1. The lowest BCUT2D eigenvalue weighted by molar-refractivity contribution is 0.0938. The van der Waals surface area contributed by atoms with Crippen LogP contribution in [0.3, 0.4) is 0 Å². The summed E-state index contributed by atoms with van der Waals surface area (Å²) in [5, 5.41) is 17.2. The number of hydrogen-bond donors (Lipinski definition) is 2. The number of aliphatic hydroxyl groups excluding tert-OH is 1. The number of amides is 1. The molecule has 0 aliphatic heterocycles. The van der Waals surface area contributed by atoms with E-state index in [9.17, 15) is 9.90 Å². The molecule has 0 aliphatic rings. The predicted octanol–water partition coefficient (Wildman–Crippen LogP) is 3.37. The second kappa shape index (κ2) is 7.46. The third-order valence-corrected chi connectivity index (χ3v) is 3.87. The van der Waals surface area contributed by atoms with Crippen LogP contribution in [0.1, 0.15) is 34.7 Å². The van der Waals surface area contributed by atoms with Crippen molar-refractivity contribution in [3.8, 4) is 11.3 Å². The monoisotopic (exact) mass is 357 g/mol. The molecule has 0 radical (unpaired) electrons. The van der Waals surface area contributed by atoms with Gasteiger partial charge in [0.1, 0.15) is 17.4 Å². The van der Waals surface area contributed by atoms with Gasteiger partial charge in [0, 0.05) is 29.5 Å². The molecule has 0 fully saturated rings. The molecule has 1 amide bonds. The number of nitrogens with zero attached hydrogens (tertiary/aromatic N) is 2. The summed E-state index contributed by atoms with van der Waals surface area (Å²) in [6.45, 7) is 1.82. The molecule has 1 atom stereocenters. The Hall–Kier alpha value is -2.70. The van der Waals surface area contributed by atoms with E-state index in [2.05, 4.69) is 15.5 Å². The van der Waals surface area contributed by atoms with Crippen LogP contribution in [0.2, 0.25) is 5.02 Å². The molecule has 2 N–H and O–H groups in total. The zero-order chi connectivity index (χ0) is 17.8. The van der Waals surface area contributed by atoms with E-state index in [4.69, 9.17) is 16.1 Å². The summed E-state index contributed by atoms with van der Waals surface area (Å²) in [5.41, 5.74) is 2.10. The highest BCUT2D eigenvalue weighted by Gasteiger charge is 2.26. The molecule has 3 aromatic rings. The summed E-state index contributed by atoms with van der Waals surface area (Å²) in [5.74, 6) is -0.264. The van der Waals surface area contributed by atoms with Gasteiger partial charge < -0.3 is 14.9 Å². The van der Waals surface area contributed by atoms with Gasteiger partial charge in [0.2, 0.25) is 0 Å². The Balaban J connectivity index is 1.91. The number of pyridine rings is 1. The fourth-order valence-corrected chi connectivity index (χ4v) is 2.51. The SMILES string of the molecule is C[C@H](O)c1onc(-c2ccc(Cl)cc2)c1C(=O)NCc1cccnc1. The highest BCUT2D eigenvalue weighted by molar-refractivity contribution is 6.30. The van der Waals surface area contributed by atoms with Crippen molar-refractivity contribution >= 4 is 17.5 Å². The number of benzene rings is 1. The van der Waals surface area contributed by atoms with Crippen molar-refractivity contribution in [3.05, 3.63) is 70.7 Å². The third kappa shape index (κ3) is 3.87. The molecular formula is C18H16ClN3O3. The van der Waals surface area contributed by atoms with E-state index in [0.717, 1.165) is 5.56 Å². The number of carbonyl (C=O) groups is 1. The molecule has 25 heavy (non-hydrogen) atoms. The quantitative estimate of drug-likeness (QED) is 0.730. The van der Waals surface area contributed by atoms with Crippen LogP contribution in [0.4, 0.5) is 0 Å². The third-order valence-electron chi connectivity index (χ3n) is 3.62. The lowest BCUT2D eigenvalue weighted by Gasteiger charge is -2.08. The summed E-state index contributed by atoms with van der Waals surface area (Å²) in [4.78, 5) is 16.7. The van der Waals surface area contributed by atoms with Gasteiger partial charge in [-0.3, -0.25) is 9.78 Å². The molecule has 0 aliphatic carbocycles. The molecule has 2 heterocycles. The van der Waals surface area contributed by atoms with Gasteiger partial charge in [-0.1, -0.05) is 35.0 Å². The van der Waals surface area contributed by atoms with E-state index in [1.54, 1.807) is 42.7 Å². The number of rotatable bonds is 5. The summed E-state index contributed by atoms with van der Waals surface area (Å²) in [6, 6.07) is 10.5. The Morgan fingerprint density at radius 1 is 1.32 bits per heavy atom. The van der Waals surface area contributed by atoms with Gasteiger partial charge in [0.15, 0.2) is 5.76 Å². The number of halogens is 1. The van der Waals surface area contributed by atoms with Crippen LogP contribution >= 0.6 is 11.6 Å². The van der Waals surface area contributed by atoms with Crippen molar-refractivity contribution in [2.24, 2.45) is 0 Å². The van der Waals surface area contributed by atoms with E-state index in [1.807, 2.05) is 6.07 Å². The smallest absolute Gasteiger partial charge is 0.257 e. The average molecular weight is 358 g/mol. The van der Waals surface area contributed by atoms with Gasteiger partial charge in [0.25, 0.3) is 5.91 Å². The second-order valence-electron chi connectivity index (χ2n) is 5.50. The topological polar surface area (TPSA) is 88.2 Å². The molecule has 7 heteroatoms. The second-order valence-corrected chi connectivity index (χ2v) is 5.93. The van der Waals surface area contributed by atoms with E-state index in [0.29, 0.717) is 22.8 Å². The maximum atomic E-state index is 12.7. The molecule has 0 bridgehead atoms. The van der Waals surface area contributed by atoms with Crippen LogP contribution in [0.25, 0.3) is 11.3 Å². The largest absolute Gasteiger partial charge is 0.385 e.